The summed E-state index contributed by atoms with van der Waals surface area (Å²) in [5.74, 6) is -0.0793. The van der Waals surface area contributed by atoms with Crippen molar-refractivity contribution in [3.05, 3.63) is 33.2 Å². The van der Waals surface area contributed by atoms with Crippen molar-refractivity contribution >= 4 is 17.5 Å². The summed E-state index contributed by atoms with van der Waals surface area (Å²) in [6.45, 7) is 6.44. The highest BCUT2D eigenvalue weighted by molar-refractivity contribution is 6.30. The molecule has 2 fully saturated rings. The van der Waals surface area contributed by atoms with Gasteiger partial charge in [-0.3, -0.25) is 19.4 Å². The van der Waals surface area contributed by atoms with E-state index in [9.17, 15) is 9.59 Å². The van der Waals surface area contributed by atoms with Gasteiger partial charge < -0.3 is 15.0 Å². The maximum Gasteiger partial charge on any atom is 0.266 e. The summed E-state index contributed by atoms with van der Waals surface area (Å²) < 4.78 is 0. The van der Waals surface area contributed by atoms with Gasteiger partial charge in [0.2, 0.25) is 0 Å². The van der Waals surface area contributed by atoms with E-state index in [0.29, 0.717) is 11.6 Å². The van der Waals surface area contributed by atoms with Crippen LogP contribution in [0.2, 0.25) is 5.02 Å². The summed E-state index contributed by atoms with van der Waals surface area (Å²) in [6.07, 6.45) is 3.36. The van der Waals surface area contributed by atoms with Crippen LogP contribution < -0.4 is 5.56 Å². The number of piperazine rings is 1. The first-order valence-electron chi connectivity index (χ1n) is 8.83. The van der Waals surface area contributed by atoms with Crippen LogP contribution in [0.25, 0.3) is 0 Å². The maximum atomic E-state index is 12.6. The van der Waals surface area contributed by atoms with Gasteiger partial charge in [-0.25, -0.2) is 0 Å². The van der Waals surface area contributed by atoms with Gasteiger partial charge in [0.1, 0.15) is 5.02 Å². The summed E-state index contributed by atoms with van der Waals surface area (Å²) in [4.78, 5) is 33.0. The molecule has 0 unspecified atom stereocenters. The second kappa shape index (κ2) is 8.31. The van der Waals surface area contributed by atoms with Crippen LogP contribution >= 0.6 is 11.6 Å². The Bertz CT molecular complexity index is 650. The van der Waals surface area contributed by atoms with E-state index in [2.05, 4.69) is 14.8 Å². The minimum absolute atomic E-state index is 0.0430. The third-order valence-electron chi connectivity index (χ3n) is 5.20. The molecule has 3 heterocycles. The molecule has 2 N–H and O–H groups in total. The number of piperidine rings is 1. The lowest BCUT2D eigenvalue weighted by Gasteiger charge is -2.42. The lowest BCUT2D eigenvalue weighted by atomic mass is 10.0. The van der Waals surface area contributed by atoms with Gasteiger partial charge in [0, 0.05) is 58.1 Å². The van der Waals surface area contributed by atoms with Crippen molar-refractivity contribution in [2.75, 3.05) is 52.4 Å². The number of hydrogen-bond acceptors (Lipinski definition) is 5. The minimum Gasteiger partial charge on any atom is -0.395 e. The van der Waals surface area contributed by atoms with Gasteiger partial charge in [-0.05, 0) is 18.9 Å². The van der Waals surface area contributed by atoms with Gasteiger partial charge in [0.15, 0.2) is 0 Å². The molecule has 2 saturated heterocycles. The highest BCUT2D eigenvalue weighted by Gasteiger charge is 2.29. The van der Waals surface area contributed by atoms with Crippen LogP contribution in [0.15, 0.2) is 17.1 Å². The molecular weight excluding hydrogens is 344 g/mol. The SMILES string of the molecule is O=C(c1c[nH]c(=O)c(Cl)c1)N1CCC(N2CCN(CCO)CC2)CC1. The lowest BCUT2D eigenvalue weighted by Crippen LogP contribution is -2.54. The number of aliphatic hydroxyl groups is 1. The number of rotatable bonds is 4. The predicted molar refractivity (Wildman–Crippen MR) is 96.1 cm³/mol. The minimum atomic E-state index is -0.378. The molecule has 1 aromatic heterocycles. The molecule has 0 saturated carbocycles. The molecule has 0 aromatic carbocycles. The number of hydrogen-bond donors (Lipinski definition) is 2. The molecule has 1 aromatic rings. The van der Waals surface area contributed by atoms with Crippen LogP contribution in [0.5, 0.6) is 0 Å². The Kier molecular flexibility index (Phi) is 6.11. The Balaban J connectivity index is 1.51. The van der Waals surface area contributed by atoms with Gasteiger partial charge in [-0.1, -0.05) is 11.6 Å². The van der Waals surface area contributed by atoms with Gasteiger partial charge in [0.25, 0.3) is 11.5 Å². The van der Waals surface area contributed by atoms with E-state index in [1.165, 1.54) is 12.3 Å². The van der Waals surface area contributed by atoms with E-state index < -0.39 is 0 Å². The van der Waals surface area contributed by atoms with E-state index in [1.54, 1.807) is 0 Å². The largest absolute Gasteiger partial charge is 0.395 e. The monoisotopic (exact) mass is 368 g/mol. The number of aromatic amines is 1. The third kappa shape index (κ3) is 4.41. The summed E-state index contributed by atoms with van der Waals surface area (Å²) in [6, 6.07) is 1.95. The molecule has 1 amide bonds. The fourth-order valence-corrected chi connectivity index (χ4v) is 3.86. The Morgan fingerprint density at radius 3 is 2.48 bits per heavy atom. The summed E-state index contributed by atoms with van der Waals surface area (Å²) in [5, 5.41) is 9.06. The van der Waals surface area contributed by atoms with Gasteiger partial charge in [0.05, 0.1) is 12.2 Å². The second-order valence-electron chi connectivity index (χ2n) is 6.69. The van der Waals surface area contributed by atoms with Crippen LogP contribution in [0.4, 0.5) is 0 Å². The molecule has 0 atom stereocenters. The Labute approximate surface area is 152 Å². The number of pyridine rings is 1. The Hall–Kier alpha value is -1.41. The maximum absolute atomic E-state index is 12.6. The van der Waals surface area contributed by atoms with E-state index in [1.807, 2.05) is 4.90 Å². The first-order valence-corrected chi connectivity index (χ1v) is 9.21. The number of β-amino-alcohol motifs (C(OH)–C–C–N with tert-alkyl or cyclic N) is 1. The highest BCUT2D eigenvalue weighted by Crippen LogP contribution is 2.20. The van der Waals surface area contributed by atoms with Gasteiger partial charge >= 0.3 is 0 Å². The van der Waals surface area contributed by atoms with Crippen LogP contribution in [-0.4, -0.2) is 89.2 Å². The number of aromatic nitrogens is 1. The fraction of sp³-hybridized carbons (Fsp3) is 0.647. The molecular formula is C17H25ClN4O3. The number of carbonyl (C=O) groups excluding carboxylic acids is 1. The molecule has 0 radical (unpaired) electrons. The number of carbonyl (C=O) groups is 1. The Morgan fingerprint density at radius 1 is 1.20 bits per heavy atom. The number of halogens is 1. The van der Waals surface area contributed by atoms with Crippen LogP contribution in [0.1, 0.15) is 23.2 Å². The van der Waals surface area contributed by atoms with Crippen LogP contribution in [0, 0.1) is 0 Å². The fourth-order valence-electron chi connectivity index (χ4n) is 3.69. The average molecular weight is 369 g/mol. The zero-order valence-electron chi connectivity index (χ0n) is 14.3. The molecule has 0 aliphatic carbocycles. The number of H-pyrrole nitrogens is 1. The third-order valence-corrected chi connectivity index (χ3v) is 5.48. The van der Waals surface area contributed by atoms with Crippen molar-refractivity contribution in [3.8, 4) is 0 Å². The standard InChI is InChI=1S/C17H25ClN4O3/c18-15-11-13(12-19-16(15)24)17(25)22-3-1-14(2-4-22)21-7-5-20(6-8-21)9-10-23/h11-12,14,23H,1-10H2,(H,19,24). The summed E-state index contributed by atoms with van der Waals surface area (Å²) in [7, 11) is 0. The van der Waals surface area contributed by atoms with Crippen molar-refractivity contribution < 1.29 is 9.90 Å². The van der Waals surface area contributed by atoms with Crippen LogP contribution in [-0.2, 0) is 0 Å². The number of nitrogens with one attached hydrogen (secondary N) is 1. The molecule has 0 spiro atoms. The highest BCUT2D eigenvalue weighted by atomic mass is 35.5. The molecule has 3 rings (SSSR count). The molecule has 2 aliphatic heterocycles. The number of nitrogens with zero attached hydrogens (tertiary/aromatic N) is 3. The van der Waals surface area contributed by atoms with E-state index >= 15 is 0 Å². The smallest absolute Gasteiger partial charge is 0.266 e. The van der Waals surface area contributed by atoms with Crippen molar-refractivity contribution in [1.29, 1.82) is 0 Å². The van der Waals surface area contributed by atoms with Crippen molar-refractivity contribution in [3.63, 3.8) is 0 Å². The van der Waals surface area contributed by atoms with Crippen molar-refractivity contribution in [2.24, 2.45) is 0 Å². The van der Waals surface area contributed by atoms with E-state index in [0.717, 1.165) is 58.7 Å². The van der Waals surface area contributed by atoms with Gasteiger partial charge in [-0.15, -0.1) is 0 Å². The predicted octanol–water partition coefficient (Wildman–Crippen LogP) is 0.243. The number of aliphatic hydroxyl groups excluding tert-OH is 1. The van der Waals surface area contributed by atoms with Crippen LogP contribution in [0.3, 0.4) is 0 Å². The van der Waals surface area contributed by atoms with Gasteiger partial charge in [-0.2, -0.15) is 0 Å². The quantitative estimate of drug-likeness (QED) is 0.796. The molecule has 7 nitrogen and oxygen atoms in total. The molecule has 8 heteroatoms. The zero-order valence-corrected chi connectivity index (χ0v) is 15.0. The van der Waals surface area contributed by atoms with E-state index in [-0.39, 0.29) is 23.1 Å². The molecule has 138 valence electrons. The molecule has 2 aliphatic rings. The first kappa shape index (κ1) is 18.4. The zero-order chi connectivity index (χ0) is 17.8. The number of likely N-dealkylation sites (tertiary alicyclic amines) is 1. The van der Waals surface area contributed by atoms with Crippen molar-refractivity contribution in [1.82, 2.24) is 19.7 Å². The lowest BCUT2D eigenvalue weighted by molar-refractivity contribution is 0.0451. The van der Waals surface area contributed by atoms with Crippen molar-refractivity contribution in [2.45, 2.75) is 18.9 Å². The first-order chi connectivity index (χ1) is 12.1. The average Bonchev–Trinajstić information content (AvgIpc) is 2.64. The number of amides is 1. The molecule has 0 bridgehead atoms. The summed E-state index contributed by atoms with van der Waals surface area (Å²) in [5.41, 5.74) is 0.0536. The molecule has 25 heavy (non-hydrogen) atoms. The second-order valence-corrected chi connectivity index (χ2v) is 7.10. The topological polar surface area (TPSA) is 79.9 Å². The Morgan fingerprint density at radius 2 is 1.88 bits per heavy atom. The summed E-state index contributed by atoms with van der Waals surface area (Å²) >= 11 is 5.81. The van der Waals surface area contributed by atoms with E-state index in [4.69, 9.17) is 16.7 Å². The normalized spacial score (nSPS) is 20.8.